The zero-order valence-corrected chi connectivity index (χ0v) is 8.11. The minimum atomic E-state index is -0.173. The Labute approximate surface area is 83.7 Å². The molecule has 2 heteroatoms. The van der Waals surface area contributed by atoms with E-state index < -0.39 is 0 Å². The van der Waals surface area contributed by atoms with Gasteiger partial charge >= 0.3 is 0 Å². The van der Waals surface area contributed by atoms with Gasteiger partial charge in [0.15, 0.2) is 0 Å². The van der Waals surface area contributed by atoms with Crippen molar-refractivity contribution in [2.75, 3.05) is 0 Å². The third-order valence-corrected chi connectivity index (χ3v) is 3.24. The van der Waals surface area contributed by atoms with E-state index in [4.69, 9.17) is 0 Å². The van der Waals surface area contributed by atoms with Crippen LogP contribution in [0.2, 0.25) is 0 Å². The van der Waals surface area contributed by atoms with Crippen LogP contribution in [0.1, 0.15) is 25.7 Å². The van der Waals surface area contributed by atoms with Gasteiger partial charge in [-0.25, -0.2) is 0 Å². The quantitative estimate of drug-likeness (QED) is 0.624. The summed E-state index contributed by atoms with van der Waals surface area (Å²) < 4.78 is 0. The van der Waals surface area contributed by atoms with Gasteiger partial charge in [-0.2, -0.15) is 0 Å². The van der Waals surface area contributed by atoms with Gasteiger partial charge in [0, 0.05) is 11.8 Å². The van der Waals surface area contributed by atoms with Crippen LogP contribution in [0.5, 0.6) is 0 Å². The predicted molar refractivity (Wildman–Crippen MR) is 53.7 cm³/mol. The fraction of sp³-hybridized carbons (Fsp3) is 0.500. The number of carbonyl (C=O) groups excluding carboxylic acids is 2. The van der Waals surface area contributed by atoms with E-state index in [9.17, 15) is 9.59 Å². The zero-order valence-electron chi connectivity index (χ0n) is 8.11. The highest BCUT2D eigenvalue weighted by atomic mass is 16.1. The highest BCUT2D eigenvalue weighted by Crippen LogP contribution is 2.37. The molecule has 0 spiro atoms. The second kappa shape index (κ2) is 3.91. The molecule has 2 unspecified atom stereocenters. The number of carbonyl (C=O) groups is 2. The van der Waals surface area contributed by atoms with E-state index in [0.29, 0.717) is 0 Å². The van der Waals surface area contributed by atoms with E-state index in [0.717, 1.165) is 43.8 Å². The molecular weight excluding hydrogens is 176 g/mol. The normalized spacial score (nSPS) is 31.1. The highest BCUT2D eigenvalue weighted by Gasteiger charge is 2.30. The monoisotopic (exact) mass is 190 g/mol. The summed E-state index contributed by atoms with van der Waals surface area (Å²) >= 11 is 0. The molecule has 2 rings (SSSR count). The Bertz CT molecular complexity index is 312. The smallest absolute Gasteiger partial charge is 0.128 e. The Balaban J connectivity index is 2.33. The molecule has 0 saturated heterocycles. The molecule has 0 heterocycles. The molecule has 2 atom stereocenters. The van der Waals surface area contributed by atoms with Crippen molar-refractivity contribution in [1.29, 1.82) is 0 Å². The minimum absolute atomic E-state index is 0.0889. The molecule has 74 valence electrons. The maximum atomic E-state index is 11.0. The van der Waals surface area contributed by atoms with E-state index in [-0.39, 0.29) is 11.8 Å². The van der Waals surface area contributed by atoms with Gasteiger partial charge in [0.1, 0.15) is 12.6 Å². The van der Waals surface area contributed by atoms with Crippen molar-refractivity contribution >= 4 is 12.6 Å². The fourth-order valence-corrected chi connectivity index (χ4v) is 2.42. The zero-order chi connectivity index (χ0) is 9.97. The van der Waals surface area contributed by atoms with E-state index in [1.165, 1.54) is 5.57 Å². The van der Waals surface area contributed by atoms with E-state index >= 15 is 0 Å². The summed E-state index contributed by atoms with van der Waals surface area (Å²) in [5.41, 5.74) is 2.51. The van der Waals surface area contributed by atoms with Crippen LogP contribution in [0.15, 0.2) is 23.3 Å². The van der Waals surface area contributed by atoms with Gasteiger partial charge in [0.25, 0.3) is 0 Å². The van der Waals surface area contributed by atoms with Gasteiger partial charge in [0.2, 0.25) is 0 Å². The molecule has 0 saturated carbocycles. The second-order valence-corrected chi connectivity index (χ2v) is 4.00. The fourth-order valence-electron chi connectivity index (χ4n) is 2.42. The summed E-state index contributed by atoms with van der Waals surface area (Å²) in [4.78, 5) is 21.8. The Kier molecular flexibility index (Phi) is 2.62. The summed E-state index contributed by atoms with van der Waals surface area (Å²) in [6.07, 6.45) is 10.00. The first-order valence-corrected chi connectivity index (χ1v) is 5.16. The molecule has 0 N–H and O–H groups in total. The molecule has 0 amide bonds. The van der Waals surface area contributed by atoms with Gasteiger partial charge in [-0.1, -0.05) is 17.7 Å². The lowest BCUT2D eigenvalue weighted by Gasteiger charge is -2.29. The first-order chi connectivity index (χ1) is 6.86. The summed E-state index contributed by atoms with van der Waals surface area (Å²) in [7, 11) is 0. The van der Waals surface area contributed by atoms with Gasteiger partial charge in [0.05, 0.1) is 0 Å². The van der Waals surface area contributed by atoms with Crippen LogP contribution >= 0.6 is 0 Å². The molecule has 2 aliphatic rings. The minimum Gasteiger partial charge on any atom is -0.303 e. The van der Waals surface area contributed by atoms with Crippen LogP contribution in [0.4, 0.5) is 0 Å². The maximum absolute atomic E-state index is 11.0. The van der Waals surface area contributed by atoms with Crippen LogP contribution in [-0.4, -0.2) is 12.6 Å². The summed E-state index contributed by atoms with van der Waals surface area (Å²) in [6, 6.07) is 0. The van der Waals surface area contributed by atoms with Crippen molar-refractivity contribution in [2.45, 2.75) is 25.7 Å². The van der Waals surface area contributed by atoms with Gasteiger partial charge < -0.3 is 9.59 Å². The topological polar surface area (TPSA) is 34.1 Å². The van der Waals surface area contributed by atoms with Crippen molar-refractivity contribution in [3.05, 3.63) is 23.3 Å². The molecular formula is C12H14O2. The molecule has 2 nitrogen and oxygen atoms in total. The van der Waals surface area contributed by atoms with Crippen LogP contribution in [0.3, 0.4) is 0 Å². The van der Waals surface area contributed by atoms with Crippen LogP contribution in [0, 0.1) is 11.8 Å². The third-order valence-electron chi connectivity index (χ3n) is 3.24. The van der Waals surface area contributed by atoms with Gasteiger partial charge in [-0.3, -0.25) is 0 Å². The van der Waals surface area contributed by atoms with Crippen molar-refractivity contribution in [3.63, 3.8) is 0 Å². The van der Waals surface area contributed by atoms with Crippen LogP contribution in [-0.2, 0) is 9.59 Å². The average molecular weight is 190 g/mol. The largest absolute Gasteiger partial charge is 0.303 e. The number of aldehydes is 2. The molecule has 2 aliphatic carbocycles. The van der Waals surface area contributed by atoms with E-state index in [1.807, 2.05) is 6.08 Å². The number of hydrogen-bond donors (Lipinski definition) is 0. The summed E-state index contributed by atoms with van der Waals surface area (Å²) in [5, 5.41) is 0. The lowest BCUT2D eigenvalue weighted by Crippen LogP contribution is -2.25. The molecule has 0 bridgehead atoms. The predicted octanol–water partition coefficient (Wildman–Crippen LogP) is 2.06. The SMILES string of the molecule is O=CC1CCC2=C(C=CCC2)C1C=O. The van der Waals surface area contributed by atoms with Gasteiger partial charge in [-0.15, -0.1) is 0 Å². The Morgan fingerprint density at radius 2 is 2.07 bits per heavy atom. The second-order valence-electron chi connectivity index (χ2n) is 4.00. The molecule has 0 aromatic rings. The molecule has 0 fully saturated rings. The lowest BCUT2D eigenvalue weighted by molar-refractivity contribution is -0.118. The van der Waals surface area contributed by atoms with Crippen molar-refractivity contribution in [1.82, 2.24) is 0 Å². The van der Waals surface area contributed by atoms with E-state index in [2.05, 4.69) is 6.08 Å². The Hall–Kier alpha value is -1.18. The van der Waals surface area contributed by atoms with Gasteiger partial charge in [-0.05, 0) is 31.3 Å². The number of allylic oxidation sites excluding steroid dienone is 4. The average Bonchev–Trinajstić information content (AvgIpc) is 2.27. The van der Waals surface area contributed by atoms with Crippen molar-refractivity contribution in [2.24, 2.45) is 11.8 Å². The number of rotatable bonds is 2. The lowest BCUT2D eigenvalue weighted by atomic mass is 9.73. The summed E-state index contributed by atoms with van der Waals surface area (Å²) in [6.45, 7) is 0. The number of hydrogen-bond acceptors (Lipinski definition) is 2. The van der Waals surface area contributed by atoms with Crippen molar-refractivity contribution < 1.29 is 9.59 Å². The van der Waals surface area contributed by atoms with Crippen molar-refractivity contribution in [3.8, 4) is 0 Å². The summed E-state index contributed by atoms with van der Waals surface area (Å²) in [5.74, 6) is -0.262. The molecule has 0 aromatic heterocycles. The maximum Gasteiger partial charge on any atom is 0.128 e. The first kappa shape index (κ1) is 9.38. The molecule has 14 heavy (non-hydrogen) atoms. The van der Waals surface area contributed by atoms with Crippen LogP contribution in [0.25, 0.3) is 0 Å². The highest BCUT2D eigenvalue weighted by molar-refractivity contribution is 5.71. The molecule has 0 radical (unpaired) electrons. The van der Waals surface area contributed by atoms with E-state index in [1.54, 1.807) is 0 Å². The third kappa shape index (κ3) is 1.45. The Morgan fingerprint density at radius 3 is 2.79 bits per heavy atom. The standard InChI is InChI=1S/C12H14O2/c13-7-10-6-5-9-3-1-2-4-11(9)12(10)8-14/h2,4,7-8,10,12H,1,3,5-6H2. The first-order valence-electron chi connectivity index (χ1n) is 5.16. The molecule has 0 aliphatic heterocycles. The van der Waals surface area contributed by atoms with Crippen LogP contribution < -0.4 is 0 Å². The molecule has 0 aromatic carbocycles. The Morgan fingerprint density at radius 1 is 1.21 bits per heavy atom.